The first-order chi connectivity index (χ1) is 5.33. The first-order valence-corrected chi connectivity index (χ1v) is 3.53. The quantitative estimate of drug-likeness (QED) is 0.334. The smallest absolute Gasteiger partial charge is 0.306 e. The molecule has 11 heavy (non-hydrogen) atoms. The summed E-state index contributed by atoms with van der Waals surface area (Å²) < 4.78 is 9.88. The predicted molar refractivity (Wildman–Crippen MR) is 38.8 cm³/mol. The molecule has 0 aromatic heterocycles. The van der Waals surface area contributed by atoms with Crippen molar-refractivity contribution in [2.75, 3.05) is 13.2 Å². The monoisotopic (exact) mass is 154 g/mol. The summed E-state index contributed by atoms with van der Waals surface area (Å²) in [6.45, 7) is 0.712. The summed E-state index contributed by atoms with van der Waals surface area (Å²) >= 11 is 0. The molecule has 0 spiro atoms. The van der Waals surface area contributed by atoms with Gasteiger partial charge in [0.2, 0.25) is 0 Å². The molecule has 0 unspecified atom stereocenters. The van der Waals surface area contributed by atoms with Crippen molar-refractivity contribution >= 4 is 5.97 Å². The van der Waals surface area contributed by atoms with E-state index in [0.29, 0.717) is 13.0 Å². The van der Waals surface area contributed by atoms with Crippen LogP contribution < -0.4 is 0 Å². The van der Waals surface area contributed by atoms with Gasteiger partial charge in [-0.1, -0.05) is 5.92 Å². The molecule has 0 N–H and O–H groups in total. The van der Waals surface area contributed by atoms with Crippen LogP contribution in [0.15, 0.2) is 0 Å². The maximum atomic E-state index is 10.6. The first kappa shape index (κ1) is 8.09. The Labute approximate surface area is 65.7 Å². The molecule has 3 heteroatoms. The summed E-state index contributed by atoms with van der Waals surface area (Å²) in [6, 6.07) is 0. The van der Waals surface area contributed by atoms with E-state index >= 15 is 0 Å². The Morgan fingerprint density at radius 3 is 3.18 bits per heavy atom. The van der Waals surface area contributed by atoms with Gasteiger partial charge < -0.3 is 9.47 Å². The number of carbonyl (C=O) groups is 1. The fraction of sp³-hybridized carbons (Fsp3) is 0.625. The maximum absolute atomic E-state index is 10.6. The van der Waals surface area contributed by atoms with E-state index in [1.54, 1.807) is 0 Å². The Kier molecular flexibility index (Phi) is 2.94. The summed E-state index contributed by atoms with van der Waals surface area (Å²) in [7, 11) is 0. The second kappa shape index (κ2) is 3.99. The minimum Gasteiger partial charge on any atom is -0.460 e. The van der Waals surface area contributed by atoms with Crippen LogP contribution in [-0.2, 0) is 14.3 Å². The third-order valence-electron chi connectivity index (χ3n) is 1.46. The zero-order valence-corrected chi connectivity index (χ0v) is 6.21. The van der Waals surface area contributed by atoms with Crippen LogP contribution in [0.1, 0.15) is 12.8 Å². The number of rotatable bonds is 3. The lowest BCUT2D eigenvalue weighted by Gasteiger charge is -2.06. The predicted octanol–water partition coefficient (Wildman–Crippen LogP) is 0.342. The van der Waals surface area contributed by atoms with Crippen LogP contribution in [0.4, 0.5) is 0 Å². The molecule has 1 fully saturated rings. The number of cyclic esters (lactones) is 1. The highest BCUT2D eigenvalue weighted by Gasteiger charge is 2.22. The van der Waals surface area contributed by atoms with Crippen molar-refractivity contribution in [2.45, 2.75) is 18.9 Å². The highest BCUT2D eigenvalue weighted by molar-refractivity contribution is 5.71. The van der Waals surface area contributed by atoms with Crippen LogP contribution in [0.3, 0.4) is 0 Å². The molecule has 0 saturated carbocycles. The van der Waals surface area contributed by atoms with E-state index in [2.05, 4.69) is 5.92 Å². The maximum Gasteiger partial charge on any atom is 0.306 e. The van der Waals surface area contributed by atoms with E-state index in [4.69, 9.17) is 15.9 Å². The lowest BCUT2D eigenvalue weighted by Crippen LogP contribution is -2.15. The molecule has 1 aliphatic heterocycles. The normalized spacial score (nSPS) is 22.8. The average molecular weight is 154 g/mol. The van der Waals surface area contributed by atoms with Gasteiger partial charge in [-0.15, -0.1) is 6.42 Å². The van der Waals surface area contributed by atoms with Gasteiger partial charge in [-0.25, -0.2) is 0 Å². The molecule has 0 bridgehead atoms. The molecule has 1 aliphatic rings. The van der Waals surface area contributed by atoms with E-state index in [9.17, 15) is 4.79 Å². The number of hydrogen-bond donors (Lipinski definition) is 0. The number of terminal acetylenes is 1. The minimum absolute atomic E-state index is 0.0733. The van der Waals surface area contributed by atoms with Crippen LogP contribution in [0.2, 0.25) is 0 Å². The molecule has 1 heterocycles. The van der Waals surface area contributed by atoms with Gasteiger partial charge in [0, 0.05) is 6.42 Å². The minimum atomic E-state index is -0.140. The van der Waals surface area contributed by atoms with Crippen molar-refractivity contribution in [1.29, 1.82) is 0 Å². The Bertz CT molecular complexity index is 180. The standard InChI is InChI=1S/C8H10O3/c1-2-5-10-6-7-3-4-8(9)11-7/h1,7H,3-6H2/t7-/m0/s1. The topological polar surface area (TPSA) is 35.5 Å². The van der Waals surface area contributed by atoms with E-state index in [1.807, 2.05) is 0 Å². The average Bonchev–Trinajstić information content (AvgIpc) is 2.37. The Balaban J connectivity index is 2.09. The number of hydrogen-bond acceptors (Lipinski definition) is 3. The molecule has 1 atom stereocenters. The molecule has 1 saturated heterocycles. The number of carbonyl (C=O) groups excluding carboxylic acids is 1. The summed E-state index contributed by atoms with van der Waals surface area (Å²) in [4.78, 5) is 10.6. The van der Waals surface area contributed by atoms with Gasteiger partial charge in [-0.05, 0) is 6.42 Å². The lowest BCUT2D eigenvalue weighted by molar-refractivity contribution is -0.143. The molecule has 60 valence electrons. The second-order valence-electron chi connectivity index (χ2n) is 2.37. The number of ether oxygens (including phenoxy) is 2. The zero-order chi connectivity index (χ0) is 8.10. The van der Waals surface area contributed by atoms with Crippen LogP contribution >= 0.6 is 0 Å². The van der Waals surface area contributed by atoms with Gasteiger partial charge in [-0.3, -0.25) is 4.79 Å². The van der Waals surface area contributed by atoms with Gasteiger partial charge in [0.1, 0.15) is 12.7 Å². The SMILES string of the molecule is C#CCOC[C@@H]1CCC(=O)O1. The largest absolute Gasteiger partial charge is 0.460 e. The van der Waals surface area contributed by atoms with Gasteiger partial charge in [0.25, 0.3) is 0 Å². The second-order valence-corrected chi connectivity index (χ2v) is 2.37. The molecule has 0 amide bonds. The van der Waals surface area contributed by atoms with Crippen LogP contribution in [-0.4, -0.2) is 25.3 Å². The van der Waals surface area contributed by atoms with Crippen molar-refractivity contribution in [3.05, 3.63) is 0 Å². The van der Waals surface area contributed by atoms with Crippen molar-refractivity contribution in [1.82, 2.24) is 0 Å². The molecular formula is C8H10O3. The Hall–Kier alpha value is -1.01. The molecule has 0 aromatic rings. The van der Waals surface area contributed by atoms with Crippen LogP contribution in [0, 0.1) is 12.3 Å². The van der Waals surface area contributed by atoms with Gasteiger partial charge in [-0.2, -0.15) is 0 Å². The van der Waals surface area contributed by atoms with E-state index < -0.39 is 0 Å². The number of esters is 1. The third-order valence-corrected chi connectivity index (χ3v) is 1.46. The molecule has 0 aliphatic carbocycles. The van der Waals surface area contributed by atoms with E-state index in [-0.39, 0.29) is 18.7 Å². The highest BCUT2D eigenvalue weighted by Crippen LogP contribution is 2.13. The molecular weight excluding hydrogens is 144 g/mol. The van der Waals surface area contributed by atoms with Gasteiger partial charge in [0.05, 0.1) is 6.61 Å². The fourth-order valence-corrected chi connectivity index (χ4v) is 0.949. The van der Waals surface area contributed by atoms with Crippen LogP contribution in [0.25, 0.3) is 0 Å². The summed E-state index contributed by atoms with van der Waals surface area (Å²) in [5.41, 5.74) is 0. The van der Waals surface area contributed by atoms with Crippen molar-refractivity contribution < 1.29 is 14.3 Å². The Morgan fingerprint density at radius 1 is 1.82 bits per heavy atom. The molecule has 3 nitrogen and oxygen atoms in total. The van der Waals surface area contributed by atoms with Crippen molar-refractivity contribution in [3.8, 4) is 12.3 Å². The van der Waals surface area contributed by atoms with Crippen molar-refractivity contribution in [2.24, 2.45) is 0 Å². The van der Waals surface area contributed by atoms with Crippen molar-refractivity contribution in [3.63, 3.8) is 0 Å². The lowest BCUT2D eigenvalue weighted by atomic mass is 10.2. The van der Waals surface area contributed by atoms with Gasteiger partial charge in [0.15, 0.2) is 0 Å². The molecule has 0 radical (unpaired) electrons. The van der Waals surface area contributed by atoms with Crippen LogP contribution in [0.5, 0.6) is 0 Å². The summed E-state index contributed by atoms with van der Waals surface area (Å²) in [5.74, 6) is 2.20. The highest BCUT2D eigenvalue weighted by atomic mass is 16.6. The molecule has 1 rings (SSSR count). The summed E-state index contributed by atoms with van der Waals surface area (Å²) in [6.07, 6.45) is 6.14. The summed E-state index contributed by atoms with van der Waals surface area (Å²) in [5, 5.41) is 0. The van der Waals surface area contributed by atoms with E-state index in [0.717, 1.165) is 6.42 Å². The van der Waals surface area contributed by atoms with Gasteiger partial charge >= 0.3 is 5.97 Å². The first-order valence-electron chi connectivity index (χ1n) is 3.53. The Morgan fingerprint density at radius 2 is 2.64 bits per heavy atom. The van der Waals surface area contributed by atoms with E-state index in [1.165, 1.54) is 0 Å². The fourth-order valence-electron chi connectivity index (χ4n) is 0.949. The zero-order valence-electron chi connectivity index (χ0n) is 6.21. The molecule has 0 aromatic carbocycles. The third kappa shape index (κ3) is 2.60.